The number of nitrogens with one attached hydrogen (secondary N) is 1. The molecule has 0 aromatic carbocycles. The van der Waals surface area contributed by atoms with Crippen molar-refractivity contribution in [3.8, 4) is 0 Å². The van der Waals surface area contributed by atoms with E-state index < -0.39 is 0 Å². The van der Waals surface area contributed by atoms with Crippen LogP contribution in [-0.2, 0) is 0 Å². The fourth-order valence-corrected chi connectivity index (χ4v) is 1.40. The molecule has 1 atom stereocenters. The van der Waals surface area contributed by atoms with Crippen LogP contribution in [0.1, 0.15) is 37.1 Å². The number of nitrogens with two attached hydrogens (primary N) is 1. The highest BCUT2D eigenvalue weighted by Gasteiger charge is 2.15. The van der Waals surface area contributed by atoms with Crippen LogP contribution in [0, 0.1) is 6.92 Å². The first kappa shape index (κ1) is 11.0. The van der Waals surface area contributed by atoms with Gasteiger partial charge in [0.05, 0.1) is 12.3 Å². The van der Waals surface area contributed by atoms with E-state index in [9.17, 15) is 0 Å². The van der Waals surface area contributed by atoms with Gasteiger partial charge in [-0.2, -0.15) is 0 Å². The Hall–Kier alpha value is -1.06. The SMILES string of the molecule is C=C(CC)CC(NN)c1occc1C. The van der Waals surface area contributed by atoms with E-state index in [0.29, 0.717) is 0 Å². The van der Waals surface area contributed by atoms with Gasteiger partial charge in [-0.25, -0.2) is 5.43 Å². The average molecular weight is 194 g/mol. The third-order valence-electron chi connectivity index (χ3n) is 2.41. The van der Waals surface area contributed by atoms with Crippen molar-refractivity contribution < 1.29 is 4.42 Å². The Morgan fingerprint density at radius 3 is 2.86 bits per heavy atom. The Bertz CT molecular complexity index is 304. The minimum Gasteiger partial charge on any atom is -0.467 e. The van der Waals surface area contributed by atoms with Crippen LogP contribution in [0.3, 0.4) is 0 Å². The highest BCUT2D eigenvalue weighted by atomic mass is 16.3. The molecule has 0 saturated carbocycles. The Morgan fingerprint density at radius 2 is 2.43 bits per heavy atom. The number of hydrogen-bond donors (Lipinski definition) is 2. The van der Waals surface area contributed by atoms with Crippen molar-refractivity contribution in [2.75, 3.05) is 0 Å². The number of aryl methyl sites for hydroxylation is 1. The molecule has 0 spiro atoms. The molecule has 78 valence electrons. The van der Waals surface area contributed by atoms with Gasteiger partial charge in [-0.1, -0.05) is 19.1 Å². The summed E-state index contributed by atoms with van der Waals surface area (Å²) in [5.41, 5.74) is 5.05. The van der Waals surface area contributed by atoms with Crippen molar-refractivity contribution in [3.63, 3.8) is 0 Å². The summed E-state index contributed by atoms with van der Waals surface area (Å²) in [5.74, 6) is 6.39. The second-order valence-electron chi connectivity index (χ2n) is 3.49. The highest BCUT2D eigenvalue weighted by Crippen LogP contribution is 2.24. The van der Waals surface area contributed by atoms with E-state index in [2.05, 4.69) is 18.9 Å². The van der Waals surface area contributed by atoms with E-state index >= 15 is 0 Å². The average Bonchev–Trinajstić information content (AvgIpc) is 2.60. The molecule has 0 amide bonds. The van der Waals surface area contributed by atoms with E-state index in [0.717, 1.165) is 24.2 Å². The molecule has 1 aromatic heterocycles. The fraction of sp³-hybridized carbons (Fsp3) is 0.455. The number of rotatable bonds is 5. The van der Waals surface area contributed by atoms with Crippen LogP contribution in [0.25, 0.3) is 0 Å². The Morgan fingerprint density at radius 1 is 1.71 bits per heavy atom. The predicted molar refractivity (Wildman–Crippen MR) is 57.6 cm³/mol. The smallest absolute Gasteiger partial charge is 0.125 e. The van der Waals surface area contributed by atoms with Crippen molar-refractivity contribution in [1.29, 1.82) is 0 Å². The van der Waals surface area contributed by atoms with Gasteiger partial charge in [0.15, 0.2) is 0 Å². The summed E-state index contributed by atoms with van der Waals surface area (Å²) in [6.45, 7) is 8.06. The van der Waals surface area contributed by atoms with E-state index in [1.807, 2.05) is 13.0 Å². The summed E-state index contributed by atoms with van der Waals surface area (Å²) >= 11 is 0. The molecular formula is C11H18N2O. The van der Waals surface area contributed by atoms with Crippen LogP contribution >= 0.6 is 0 Å². The summed E-state index contributed by atoms with van der Waals surface area (Å²) in [5, 5.41) is 0. The van der Waals surface area contributed by atoms with Crippen LogP contribution in [0.4, 0.5) is 0 Å². The first-order valence-corrected chi connectivity index (χ1v) is 4.85. The van der Waals surface area contributed by atoms with E-state index in [1.54, 1.807) is 6.26 Å². The molecule has 3 heteroatoms. The van der Waals surface area contributed by atoms with E-state index in [-0.39, 0.29) is 6.04 Å². The molecule has 14 heavy (non-hydrogen) atoms. The summed E-state index contributed by atoms with van der Waals surface area (Å²) in [4.78, 5) is 0. The molecule has 0 bridgehead atoms. The molecule has 0 saturated heterocycles. The molecule has 0 aliphatic carbocycles. The van der Waals surface area contributed by atoms with Crippen LogP contribution in [0.15, 0.2) is 28.9 Å². The molecule has 1 aromatic rings. The minimum absolute atomic E-state index is 0.0393. The molecule has 1 unspecified atom stereocenters. The molecule has 3 N–H and O–H groups in total. The Labute approximate surface area is 85.0 Å². The van der Waals surface area contributed by atoms with E-state index in [4.69, 9.17) is 10.3 Å². The maximum absolute atomic E-state index is 5.48. The molecule has 3 nitrogen and oxygen atoms in total. The van der Waals surface area contributed by atoms with Gasteiger partial charge < -0.3 is 4.42 Å². The molecule has 0 aliphatic rings. The lowest BCUT2D eigenvalue weighted by atomic mass is 10.0. The lowest BCUT2D eigenvalue weighted by Crippen LogP contribution is -2.28. The lowest BCUT2D eigenvalue weighted by molar-refractivity contribution is 0.411. The van der Waals surface area contributed by atoms with Crippen molar-refractivity contribution in [2.45, 2.75) is 32.7 Å². The maximum atomic E-state index is 5.48. The lowest BCUT2D eigenvalue weighted by Gasteiger charge is -2.15. The summed E-state index contributed by atoms with van der Waals surface area (Å²) in [6, 6.07) is 1.98. The molecular weight excluding hydrogens is 176 g/mol. The molecule has 1 rings (SSSR count). The largest absolute Gasteiger partial charge is 0.467 e. The molecule has 1 heterocycles. The van der Waals surface area contributed by atoms with Gasteiger partial charge in [0.1, 0.15) is 5.76 Å². The van der Waals surface area contributed by atoms with Gasteiger partial charge in [0.2, 0.25) is 0 Å². The first-order valence-electron chi connectivity index (χ1n) is 4.85. The molecule has 0 aliphatic heterocycles. The van der Waals surface area contributed by atoms with Gasteiger partial charge in [-0.3, -0.25) is 5.84 Å². The fourth-order valence-electron chi connectivity index (χ4n) is 1.40. The Balaban J connectivity index is 2.72. The highest BCUT2D eigenvalue weighted by molar-refractivity contribution is 5.19. The second-order valence-corrected chi connectivity index (χ2v) is 3.49. The number of furan rings is 1. The van der Waals surface area contributed by atoms with E-state index in [1.165, 1.54) is 5.57 Å². The van der Waals surface area contributed by atoms with Crippen molar-refractivity contribution in [2.24, 2.45) is 5.84 Å². The van der Waals surface area contributed by atoms with Gasteiger partial charge in [-0.15, -0.1) is 0 Å². The minimum atomic E-state index is 0.0393. The first-order chi connectivity index (χ1) is 6.69. The standard InChI is InChI=1S/C11H18N2O/c1-4-8(2)7-10(13-12)11-9(3)5-6-14-11/h5-6,10,13H,2,4,7,12H2,1,3H3. The maximum Gasteiger partial charge on any atom is 0.125 e. The normalized spacial score (nSPS) is 12.8. The van der Waals surface area contributed by atoms with Gasteiger partial charge >= 0.3 is 0 Å². The van der Waals surface area contributed by atoms with Crippen molar-refractivity contribution in [1.82, 2.24) is 5.43 Å². The zero-order valence-electron chi connectivity index (χ0n) is 8.84. The third kappa shape index (κ3) is 2.47. The summed E-state index contributed by atoms with van der Waals surface area (Å²) < 4.78 is 5.38. The van der Waals surface area contributed by atoms with Crippen molar-refractivity contribution >= 4 is 0 Å². The van der Waals surface area contributed by atoms with Crippen LogP contribution in [0.5, 0.6) is 0 Å². The number of hydrazine groups is 1. The van der Waals surface area contributed by atoms with Gasteiger partial charge in [0, 0.05) is 0 Å². The van der Waals surface area contributed by atoms with Gasteiger partial charge in [0.25, 0.3) is 0 Å². The van der Waals surface area contributed by atoms with Crippen LogP contribution in [-0.4, -0.2) is 0 Å². The third-order valence-corrected chi connectivity index (χ3v) is 2.41. The Kier molecular flexibility index (Phi) is 3.92. The summed E-state index contributed by atoms with van der Waals surface area (Å²) in [7, 11) is 0. The zero-order chi connectivity index (χ0) is 10.6. The van der Waals surface area contributed by atoms with Crippen LogP contribution in [0.2, 0.25) is 0 Å². The quantitative estimate of drug-likeness (QED) is 0.430. The summed E-state index contributed by atoms with van der Waals surface area (Å²) in [6.07, 6.45) is 3.48. The predicted octanol–water partition coefficient (Wildman–Crippen LogP) is 2.45. The van der Waals surface area contributed by atoms with Crippen molar-refractivity contribution in [3.05, 3.63) is 35.8 Å². The molecule has 0 radical (unpaired) electrons. The second kappa shape index (κ2) is 4.98. The number of hydrogen-bond acceptors (Lipinski definition) is 3. The van der Waals surface area contributed by atoms with Crippen LogP contribution < -0.4 is 11.3 Å². The van der Waals surface area contributed by atoms with Gasteiger partial charge in [-0.05, 0) is 31.4 Å². The zero-order valence-corrected chi connectivity index (χ0v) is 8.84. The molecule has 0 fully saturated rings. The topological polar surface area (TPSA) is 51.2 Å². The monoisotopic (exact) mass is 194 g/mol.